The summed E-state index contributed by atoms with van der Waals surface area (Å²) in [6.45, 7) is 3.47. The van der Waals surface area contributed by atoms with Gasteiger partial charge < -0.3 is 9.84 Å². The van der Waals surface area contributed by atoms with Gasteiger partial charge in [-0.05, 0) is 6.42 Å². The predicted octanol–water partition coefficient (Wildman–Crippen LogP) is 1.08. The van der Waals surface area contributed by atoms with Crippen molar-refractivity contribution < 1.29 is 14.6 Å². The van der Waals surface area contributed by atoms with Crippen LogP contribution in [0, 0.1) is 0 Å². The van der Waals surface area contributed by atoms with Crippen molar-refractivity contribution in [3.05, 3.63) is 0 Å². The van der Waals surface area contributed by atoms with E-state index in [-0.39, 0.29) is 12.6 Å². The quantitative estimate of drug-likeness (QED) is 0.520. The Kier molecular flexibility index (Phi) is 5.84. The number of ether oxygens (including phenoxy) is 1. The minimum Gasteiger partial charge on any atom is -0.466 e. The monoisotopic (exact) mass is 190 g/mol. The SMILES string of the molecule is CCC(O)C(=S)CCOC(C)=O. The van der Waals surface area contributed by atoms with Crippen LogP contribution in [0.4, 0.5) is 0 Å². The Balaban J connectivity index is 3.50. The fourth-order valence-electron chi connectivity index (χ4n) is 0.690. The van der Waals surface area contributed by atoms with Crippen molar-refractivity contribution in [2.75, 3.05) is 6.61 Å². The van der Waals surface area contributed by atoms with Crippen molar-refractivity contribution in [3.63, 3.8) is 0 Å². The summed E-state index contributed by atoms with van der Waals surface area (Å²) in [5, 5.41) is 9.21. The third-order valence-electron chi connectivity index (χ3n) is 1.41. The standard InChI is InChI=1S/C8H14O3S/c1-3-7(10)8(12)4-5-11-6(2)9/h7,10H,3-5H2,1-2H3. The highest BCUT2D eigenvalue weighted by Crippen LogP contribution is 1.99. The lowest BCUT2D eigenvalue weighted by atomic mass is 10.1. The van der Waals surface area contributed by atoms with E-state index in [4.69, 9.17) is 12.2 Å². The molecule has 0 saturated heterocycles. The molecule has 0 aromatic carbocycles. The molecule has 4 heteroatoms. The molecule has 12 heavy (non-hydrogen) atoms. The first-order valence-electron chi connectivity index (χ1n) is 3.92. The highest BCUT2D eigenvalue weighted by molar-refractivity contribution is 7.80. The molecule has 0 saturated carbocycles. The average molecular weight is 190 g/mol. The second kappa shape index (κ2) is 6.08. The zero-order valence-corrected chi connectivity index (χ0v) is 8.19. The van der Waals surface area contributed by atoms with Crippen LogP contribution in [0.5, 0.6) is 0 Å². The Hall–Kier alpha value is -0.480. The first-order valence-corrected chi connectivity index (χ1v) is 4.33. The van der Waals surface area contributed by atoms with Crippen molar-refractivity contribution in [1.82, 2.24) is 0 Å². The van der Waals surface area contributed by atoms with Gasteiger partial charge in [0.2, 0.25) is 0 Å². The second-order valence-corrected chi connectivity index (χ2v) is 3.00. The summed E-state index contributed by atoms with van der Waals surface area (Å²) >= 11 is 4.89. The molecule has 0 aliphatic rings. The third kappa shape index (κ3) is 5.21. The number of carbonyl (C=O) groups is 1. The summed E-state index contributed by atoms with van der Waals surface area (Å²) in [5.41, 5.74) is 0. The van der Waals surface area contributed by atoms with Crippen LogP contribution in [0.2, 0.25) is 0 Å². The van der Waals surface area contributed by atoms with Crippen LogP contribution in [-0.4, -0.2) is 28.7 Å². The Morgan fingerprint density at radius 1 is 1.67 bits per heavy atom. The van der Waals surface area contributed by atoms with Crippen molar-refractivity contribution in [2.24, 2.45) is 0 Å². The maximum Gasteiger partial charge on any atom is 0.302 e. The van der Waals surface area contributed by atoms with Crippen LogP contribution >= 0.6 is 12.2 Å². The van der Waals surface area contributed by atoms with Gasteiger partial charge in [-0.1, -0.05) is 19.1 Å². The number of carbonyl (C=O) groups excluding carboxylic acids is 1. The van der Waals surface area contributed by atoms with Gasteiger partial charge in [-0.25, -0.2) is 0 Å². The highest BCUT2D eigenvalue weighted by atomic mass is 32.1. The number of hydrogen-bond acceptors (Lipinski definition) is 4. The summed E-state index contributed by atoms with van der Waals surface area (Å²) in [4.78, 5) is 10.9. The third-order valence-corrected chi connectivity index (χ3v) is 1.89. The zero-order chi connectivity index (χ0) is 9.56. The van der Waals surface area contributed by atoms with Gasteiger partial charge in [-0.15, -0.1) is 0 Å². The molecular weight excluding hydrogens is 176 g/mol. The molecule has 0 aromatic rings. The van der Waals surface area contributed by atoms with Crippen LogP contribution in [0.1, 0.15) is 26.7 Å². The molecule has 3 nitrogen and oxygen atoms in total. The Labute approximate surface area is 77.7 Å². The Morgan fingerprint density at radius 3 is 2.67 bits per heavy atom. The van der Waals surface area contributed by atoms with Gasteiger partial charge in [-0.2, -0.15) is 0 Å². The maximum atomic E-state index is 10.3. The average Bonchev–Trinajstić information content (AvgIpc) is 2.02. The number of aliphatic hydroxyl groups excluding tert-OH is 1. The molecule has 0 heterocycles. The topological polar surface area (TPSA) is 46.5 Å². The minimum absolute atomic E-state index is 0.269. The fraction of sp³-hybridized carbons (Fsp3) is 0.750. The summed E-state index contributed by atoms with van der Waals surface area (Å²) in [5.74, 6) is -0.316. The molecule has 0 spiro atoms. The van der Waals surface area contributed by atoms with Gasteiger partial charge in [0.25, 0.3) is 0 Å². The highest BCUT2D eigenvalue weighted by Gasteiger charge is 2.07. The molecule has 1 N–H and O–H groups in total. The van der Waals surface area contributed by atoms with Crippen molar-refractivity contribution in [2.45, 2.75) is 32.8 Å². The Morgan fingerprint density at radius 2 is 2.25 bits per heavy atom. The molecule has 0 bridgehead atoms. The molecule has 0 aliphatic carbocycles. The summed E-state index contributed by atoms with van der Waals surface area (Å²) < 4.78 is 4.67. The van der Waals surface area contributed by atoms with Crippen LogP contribution in [0.25, 0.3) is 0 Å². The minimum atomic E-state index is -0.546. The van der Waals surface area contributed by atoms with E-state index in [0.717, 1.165) is 0 Å². The van der Waals surface area contributed by atoms with Crippen LogP contribution in [0.3, 0.4) is 0 Å². The van der Waals surface area contributed by atoms with Crippen molar-refractivity contribution >= 4 is 23.1 Å². The molecule has 1 atom stereocenters. The molecule has 0 radical (unpaired) electrons. The summed E-state index contributed by atoms with van der Waals surface area (Å²) in [6.07, 6.45) is 0.526. The maximum absolute atomic E-state index is 10.3. The molecule has 0 amide bonds. The molecule has 1 unspecified atom stereocenters. The van der Waals surface area contributed by atoms with Gasteiger partial charge in [-0.3, -0.25) is 4.79 Å². The number of hydrogen-bond donors (Lipinski definition) is 1. The molecule has 70 valence electrons. The van der Waals surface area contributed by atoms with Crippen LogP contribution in [-0.2, 0) is 9.53 Å². The van der Waals surface area contributed by atoms with E-state index in [1.165, 1.54) is 6.92 Å². The largest absolute Gasteiger partial charge is 0.466 e. The molecule has 0 fully saturated rings. The fourth-order valence-corrected chi connectivity index (χ4v) is 0.940. The van der Waals surface area contributed by atoms with E-state index in [9.17, 15) is 9.90 Å². The van der Waals surface area contributed by atoms with Crippen LogP contribution in [0.15, 0.2) is 0 Å². The van der Waals surface area contributed by atoms with Gasteiger partial charge in [0.05, 0.1) is 12.7 Å². The van der Waals surface area contributed by atoms with E-state index in [2.05, 4.69) is 4.74 Å². The van der Waals surface area contributed by atoms with E-state index in [0.29, 0.717) is 17.7 Å². The zero-order valence-electron chi connectivity index (χ0n) is 7.37. The lowest BCUT2D eigenvalue weighted by molar-refractivity contribution is -0.140. The van der Waals surface area contributed by atoms with E-state index < -0.39 is 6.10 Å². The van der Waals surface area contributed by atoms with E-state index in [1.54, 1.807) is 0 Å². The van der Waals surface area contributed by atoms with E-state index >= 15 is 0 Å². The molecule has 0 rings (SSSR count). The normalized spacial score (nSPS) is 12.2. The number of rotatable bonds is 5. The van der Waals surface area contributed by atoms with Crippen molar-refractivity contribution in [1.29, 1.82) is 0 Å². The Bertz CT molecular complexity index is 168. The molecule has 0 aliphatic heterocycles. The molecule has 0 aromatic heterocycles. The number of esters is 1. The molecular formula is C8H14O3S. The van der Waals surface area contributed by atoms with E-state index in [1.807, 2.05) is 6.92 Å². The predicted molar refractivity (Wildman–Crippen MR) is 50.1 cm³/mol. The lowest BCUT2D eigenvalue weighted by Crippen LogP contribution is -2.19. The van der Waals surface area contributed by atoms with Gasteiger partial charge >= 0.3 is 5.97 Å². The van der Waals surface area contributed by atoms with Crippen molar-refractivity contribution in [3.8, 4) is 0 Å². The number of aliphatic hydroxyl groups is 1. The summed E-state index contributed by atoms with van der Waals surface area (Å²) in [6, 6.07) is 0. The lowest BCUT2D eigenvalue weighted by Gasteiger charge is -2.08. The van der Waals surface area contributed by atoms with Crippen LogP contribution < -0.4 is 0 Å². The smallest absolute Gasteiger partial charge is 0.302 e. The second-order valence-electron chi connectivity index (χ2n) is 2.48. The first-order chi connectivity index (χ1) is 5.57. The first kappa shape index (κ1) is 11.5. The van der Waals surface area contributed by atoms with Gasteiger partial charge in [0.15, 0.2) is 0 Å². The van der Waals surface area contributed by atoms with Gasteiger partial charge in [0.1, 0.15) is 0 Å². The number of thiocarbonyl (C=S) groups is 1. The summed E-state index contributed by atoms with van der Waals surface area (Å²) in [7, 11) is 0. The van der Waals surface area contributed by atoms with Gasteiger partial charge in [0, 0.05) is 18.2 Å².